The molecule has 0 bridgehead atoms. The highest BCUT2D eigenvalue weighted by Gasteiger charge is 2.15. The van der Waals surface area contributed by atoms with Gasteiger partial charge in [0, 0.05) is 19.3 Å². The molecule has 0 fully saturated rings. The molecule has 0 unspecified atom stereocenters. The van der Waals surface area contributed by atoms with Crippen LogP contribution >= 0.6 is 0 Å². The molecule has 4 nitrogen and oxygen atoms in total. The fraction of sp³-hybridized carbons (Fsp3) is 0.500. The van der Waals surface area contributed by atoms with Crippen LogP contribution in [-0.4, -0.2) is 40.6 Å². The largest absolute Gasteiger partial charge is 0.395 e. The molecule has 0 saturated carbocycles. The van der Waals surface area contributed by atoms with Crippen LogP contribution in [0.25, 0.3) is 0 Å². The normalized spacial score (nSPS) is 10.1. The van der Waals surface area contributed by atoms with E-state index in [0.29, 0.717) is 18.8 Å². The highest BCUT2D eigenvalue weighted by molar-refractivity contribution is 5.92. The molecule has 0 saturated heterocycles. The number of nitrogens with zero attached hydrogens (tertiary/aromatic N) is 2. The molecule has 0 atom stereocenters. The van der Waals surface area contributed by atoms with Crippen LogP contribution < -0.4 is 0 Å². The smallest absolute Gasteiger partial charge is 0.272 e. The standard InChI is InChI=1S/C12H18N2O2/c1-2-3-8-14(9-10-15)12(16)11-6-4-5-7-13-11/h4-7,15H,2-3,8-10H2,1H3. The first kappa shape index (κ1) is 12.6. The van der Waals surface area contributed by atoms with Crippen LogP contribution in [0.4, 0.5) is 0 Å². The number of aromatic nitrogens is 1. The van der Waals surface area contributed by atoms with E-state index < -0.39 is 0 Å². The summed E-state index contributed by atoms with van der Waals surface area (Å²) >= 11 is 0. The molecule has 1 amide bonds. The summed E-state index contributed by atoms with van der Waals surface area (Å²) in [6, 6.07) is 5.26. The van der Waals surface area contributed by atoms with E-state index in [9.17, 15) is 4.79 Å². The van der Waals surface area contributed by atoms with Gasteiger partial charge in [-0.25, -0.2) is 0 Å². The minimum absolute atomic E-state index is 0.0116. The number of carbonyl (C=O) groups is 1. The van der Waals surface area contributed by atoms with E-state index in [0.717, 1.165) is 12.8 Å². The number of rotatable bonds is 6. The van der Waals surface area contributed by atoms with Gasteiger partial charge in [-0.2, -0.15) is 0 Å². The molecule has 4 heteroatoms. The number of hydrogen-bond acceptors (Lipinski definition) is 3. The average molecular weight is 222 g/mol. The SMILES string of the molecule is CCCCN(CCO)C(=O)c1ccccn1. The summed E-state index contributed by atoms with van der Waals surface area (Å²) in [4.78, 5) is 17.7. The summed E-state index contributed by atoms with van der Waals surface area (Å²) in [6.07, 6.45) is 3.57. The zero-order valence-electron chi connectivity index (χ0n) is 9.59. The lowest BCUT2D eigenvalue weighted by Gasteiger charge is -2.20. The fourth-order valence-electron chi connectivity index (χ4n) is 1.44. The molecule has 0 radical (unpaired) electrons. The highest BCUT2D eigenvalue weighted by atomic mass is 16.3. The minimum atomic E-state index is -0.108. The van der Waals surface area contributed by atoms with Crippen molar-refractivity contribution >= 4 is 5.91 Å². The van der Waals surface area contributed by atoms with Gasteiger partial charge in [0.2, 0.25) is 0 Å². The Balaban J connectivity index is 2.67. The predicted molar refractivity (Wildman–Crippen MR) is 62.1 cm³/mol. The van der Waals surface area contributed by atoms with Crippen molar-refractivity contribution in [2.45, 2.75) is 19.8 Å². The monoisotopic (exact) mass is 222 g/mol. The number of unbranched alkanes of at least 4 members (excludes halogenated alkanes) is 1. The van der Waals surface area contributed by atoms with Crippen LogP contribution in [0.1, 0.15) is 30.3 Å². The molecule has 0 aliphatic heterocycles. The van der Waals surface area contributed by atoms with Crippen molar-refractivity contribution in [2.24, 2.45) is 0 Å². The van der Waals surface area contributed by atoms with Crippen LogP contribution in [-0.2, 0) is 0 Å². The van der Waals surface area contributed by atoms with E-state index in [1.54, 1.807) is 29.3 Å². The van der Waals surface area contributed by atoms with Crippen LogP contribution in [0, 0.1) is 0 Å². The molecule has 0 spiro atoms. The van der Waals surface area contributed by atoms with E-state index in [1.807, 2.05) is 0 Å². The van der Waals surface area contributed by atoms with Gasteiger partial charge in [-0.3, -0.25) is 9.78 Å². The number of aliphatic hydroxyl groups excluding tert-OH is 1. The second-order valence-electron chi connectivity index (χ2n) is 3.58. The van der Waals surface area contributed by atoms with E-state index in [4.69, 9.17) is 5.11 Å². The second-order valence-corrected chi connectivity index (χ2v) is 3.58. The highest BCUT2D eigenvalue weighted by Crippen LogP contribution is 2.03. The summed E-state index contributed by atoms with van der Waals surface area (Å²) in [6.45, 7) is 3.10. The third kappa shape index (κ3) is 3.62. The first-order valence-corrected chi connectivity index (χ1v) is 5.60. The van der Waals surface area contributed by atoms with Crippen LogP contribution in [0.2, 0.25) is 0 Å². The van der Waals surface area contributed by atoms with E-state index in [2.05, 4.69) is 11.9 Å². The van der Waals surface area contributed by atoms with Gasteiger partial charge < -0.3 is 10.0 Å². The molecule has 1 heterocycles. The van der Waals surface area contributed by atoms with Gasteiger partial charge in [0.25, 0.3) is 5.91 Å². The van der Waals surface area contributed by atoms with E-state index in [-0.39, 0.29) is 12.5 Å². The molecule has 88 valence electrons. The minimum Gasteiger partial charge on any atom is -0.395 e. The third-order valence-corrected chi connectivity index (χ3v) is 2.32. The molecule has 1 rings (SSSR count). The quantitative estimate of drug-likeness (QED) is 0.789. The Bertz CT molecular complexity index is 314. The van der Waals surface area contributed by atoms with Gasteiger partial charge in [0.1, 0.15) is 5.69 Å². The Kier molecular flexibility index (Phi) is 5.50. The fourth-order valence-corrected chi connectivity index (χ4v) is 1.44. The van der Waals surface area contributed by atoms with Crippen molar-refractivity contribution in [3.63, 3.8) is 0 Å². The van der Waals surface area contributed by atoms with Crippen molar-refractivity contribution in [3.05, 3.63) is 30.1 Å². The number of pyridine rings is 1. The molecule has 0 aromatic carbocycles. The van der Waals surface area contributed by atoms with Crippen LogP contribution in [0.5, 0.6) is 0 Å². The topological polar surface area (TPSA) is 53.4 Å². The molecular weight excluding hydrogens is 204 g/mol. The van der Waals surface area contributed by atoms with Gasteiger partial charge in [0.05, 0.1) is 6.61 Å². The number of aliphatic hydroxyl groups is 1. The lowest BCUT2D eigenvalue weighted by Crippen LogP contribution is -2.34. The lowest BCUT2D eigenvalue weighted by molar-refractivity contribution is 0.0713. The number of hydrogen-bond donors (Lipinski definition) is 1. The molecule has 0 aliphatic rings. The Hall–Kier alpha value is -1.42. The first-order valence-electron chi connectivity index (χ1n) is 5.60. The summed E-state index contributed by atoms with van der Waals surface area (Å²) in [7, 11) is 0. The Morgan fingerprint density at radius 1 is 1.44 bits per heavy atom. The van der Waals surface area contributed by atoms with Gasteiger partial charge in [-0.1, -0.05) is 19.4 Å². The zero-order valence-corrected chi connectivity index (χ0v) is 9.59. The molecule has 1 N–H and O–H groups in total. The van der Waals surface area contributed by atoms with Gasteiger partial charge in [-0.05, 0) is 18.6 Å². The Labute approximate surface area is 95.9 Å². The summed E-state index contributed by atoms with van der Waals surface area (Å²) in [5.41, 5.74) is 0.437. The maximum absolute atomic E-state index is 12.0. The molecule has 1 aromatic heterocycles. The first-order chi connectivity index (χ1) is 7.79. The molecule has 0 aliphatic carbocycles. The van der Waals surface area contributed by atoms with Gasteiger partial charge in [-0.15, -0.1) is 0 Å². The van der Waals surface area contributed by atoms with Crippen molar-refractivity contribution in [1.82, 2.24) is 9.88 Å². The number of amides is 1. The summed E-state index contributed by atoms with van der Waals surface area (Å²) in [5.74, 6) is -0.108. The maximum atomic E-state index is 12.0. The van der Waals surface area contributed by atoms with Crippen molar-refractivity contribution in [3.8, 4) is 0 Å². The van der Waals surface area contributed by atoms with E-state index in [1.165, 1.54) is 0 Å². The Morgan fingerprint density at radius 2 is 2.25 bits per heavy atom. The summed E-state index contributed by atoms with van der Waals surface area (Å²) < 4.78 is 0. The van der Waals surface area contributed by atoms with Crippen LogP contribution in [0.15, 0.2) is 24.4 Å². The van der Waals surface area contributed by atoms with Crippen molar-refractivity contribution in [2.75, 3.05) is 19.7 Å². The van der Waals surface area contributed by atoms with Gasteiger partial charge >= 0.3 is 0 Å². The van der Waals surface area contributed by atoms with Gasteiger partial charge in [0.15, 0.2) is 0 Å². The maximum Gasteiger partial charge on any atom is 0.272 e. The molecular formula is C12H18N2O2. The number of carbonyl (C=O) groups excluding carboxylic acids is 1. The summed E-state index contributed by atoms with van der Waals surface area (Å²) in [5, 5.41) is 8.92. The third-order valence-electron chi connectivity index (χ3n) is 2.32. The predicted octanol–water partition coefficient (Wildman–Crippen LogP) is 1.32. The van der Waals surface area contributed by atoms with Crippen molar-refractivity contribution < 1.29 is 9.90 Å². The molecule has 1 aromatic rings. The van der Waals surface area contributed by atoms with Crippen molar-refractivity contribution in [1.29, 1.82) is 0 Å². The van der Waals surface area contributed by atoms with E-state index >= 15 is 0 Å². The lowest BCUT2D eigenvalue weighted by atomic mass is 10.2. The zero-order chi connectivity index (χ0) is 11.8. The Morgan fingerprint density at radius 3 is 2.81 bits per heavy atom. The molecule has 16 heavy (non-hydrogen) atoms. The second kappa shape index (κ2) is 6.95. The van der Waals surface area contributed by atoms with Crippen LogP contribution in [0.3, 0.4) is 0 Å². The average Bonchev–Trinajstić information content (AvgIpc) is 2.35.